The Hall–Kier alpha value is -2.61. The third-order valence-corrected chi connectivity index (χ3v) is 5.03. The zero-order valence-corrected chi connectivity index (χ0v) is 15.8. The number of amides is 1. The molecule has 2 aromatic rings. The fourth-order valence-corrected chi connectivity index (χ4v) is 3.62. The summed E-state index contributed by atoms with van der Waals surface area (Å²) in [5, 5.41) is 8.45. The summed E-state index contributed by atoms with van der Waals surface area (Å²) in [6, 6.07) is 5.39. The van der Waals surface area contributed by atoms with Crippen molar-refractivity contribution < 1.29 is 14.3 Å². The lowest BCUT2D eigenvalue weighted by atomic mass is 9.96. The fraction of sp³-hybridized carbons (Fsp3) is 0.526. The minimum Gasteiger partial charge on any atom is -0.454 e. The van der Waals surface area contributed by atoms with Gasteiger partial charge in [-0.2, -0.15) is 0 Å². The quantitative estimate of drug-likeness (QED) is 0.795. The van der Waals surface area contributed by atoms with Crippen molar-refractivity contribution in [2.75, 3.05) is 34.0 Å². The standard InChI is InChI=1S/C19H25N5O3/c1-22(2)11-16-12-24(21-20-16)10-14-5-7-23(8-6-14)19(25)15-3-4-17-18(9-15)27-13-26-17/h3-4,9,12,14H,5-8,10-11,13H2,1-2H3. The van der Waals surface area contributed by atoms with Crippen LogP contribution in [0.4, 0.5) is 0 Å². The maximum Gasteiger partial charge on any atom is 0.253 e. The highest BCUT2D eigenvalue weighted by atomic mass is 16.7. The maximum atomic E-state index is 12.8. The van der Waals surface area contributed by atoms with Gasteiger partial charge in [-0.1, -0.05) is 5.21 Å². The zero-order valence-electron chi connectivity index (χ0n) is 15.8. The molecule has 1 aromatic carbocycles. The number of aromatic nitrogens is 3. The molecule has 4 rings (SSSR count). The average Bonchev–Trinajstić information content (AvgIpc) is 3.30. The average molecular weight is 371 g/mol. The molecule has 0 unspecified atom stereocenters. The van der Waals surface area contributed by atoms with E-state index in [1.165, 1.54) is 0 Å². The first-order valence-corrected chi connectivity index (χ1v) is 9.31. The van der Waals surface area contributed by atoms with E-state index >= 15 is 0 Å². The van der Waals surface area contributed by atoms with Crippen LogP contribution in [0.3, 0.4) is 0 Å². The smallest absolute Gasteiger partial charge is 0.253 e. The van der Waals surface area contributed by atoms with Gasteiger partial charge in [0.05, 0.1) is 5.69 Å². The van der Waals surface area contributed by atoms with Gasteiger partial charge in [0.1, 0.15) is 0 Å². The number of hydrogen-bond donors (Lipinski definition) is 0. The Morgan fingerprint density at radius 1 is 1.22 bits per heavy atom. The summed E-state index contributed by atoms with van der Waals surface area (Å²) < 4.78 is 12.6. The van der Waals surface area contributed by atoms with Gasteiger partial charge in [-0.25, -0.2) is 0 Å². The molecule has 2 aliphatic rings. The molecule has 1 aromatic heterocycles. The normalized spacial score (nSPS) is 16.9. The van der Waals surface area contributed by atoms with E-state index in [4.69, 9.17) is 9.47 Å². The number of fused-ring (bicyclic) bond motifs is 1. The molecule has 27 heavy (non-hydrogen) atoms. The van der Waals surface area contributed by atoms with Crippen LogP contribution in [-0.4, -0.2) is 64.7 Å². The second kappa shape index (κ2) is 7.56. The van der Waals surface area contributed by atoms with E-state index in [2.05, 4.69) is 15.2 Å². The summed E-state index contributed by atoms with van der Waals surface area (Å²) in [5.74, 6) is 1.92. The van der Waals surface area contributed by atoms with Crippen molar-refractivity contribution in [2.24, 2.45) is 5.92 Å². The molecule has 1 amide bonds. The number of carbonyl (C=O) groups excluding carboxylic acids is 1. The Kier molecular flexibility index (Phi) is 4.98. The Morgan fingerprint density at radius 3 is 2.78 bits per heavy atom. The van der Waals surface area contributed by atoms with E-state index in [-0.39, 0.29) is 12.7 Å². The first-order chi connectivity index (χ1) is 13.1. The molecule has 0 radical (unpaired) electrons. The van der Waals surface area contributed by atoms with Gasteiger partial charge in [0.15, 0.2) is 11.5 Å². The Bertz CT molecular complexity index is 811. The molecule has 2 aliphatic heterocycles. The van der Waals surface area contributed by atoms with Crippen LogP contribution >= 0.6 is 0 Å². The van der Waals surface area contributed by atoms with Crippen molar-refractivity contribution in [3.8, 4) is 11.5 Å². The van der Waals surface area contributed by atoms with Crippen LogP contribution in [0.15, 0.2) is 24.4 Å². The number of piperidine rings is 1. The van der Waals surface area contributed by atoms with Crippen molar-refractivity contribution >= 4 is 5.91 Å². The molecule has 8 nitrogen and oxygen atoms in total. The molecular weight excluding hydrogens is 346 g/mol. The number of likely N-dealkylation sites (tertiary alicyclic amines) is 1. The van der Waals surface area contributed by atoms with Crippen molar-refractivity contribution in [1.29, 1.82) is 0 Å². The van der Waals surface area contributed by atoms with Crippen molar-refractivity contribution in [2.45, 2.75) is 25.9 Å². The predicted molar refractivity (Wildman–Crippen MR) is 98.6 cm³/mol. The summed E-state index contributed by atoms with van der Waals surface area (Å²) in [5.41, 5.74) is 1.64. The zero-order chi connectivity index (χ0) is 18.8. The highest BCUT2D eigenvalue weighted by molar-refractivity contribution is 5.95. The van der Waals surface area contributed by atoms with Gasteiger partial charge in [0.2, 0.25) is 6.79 Å². The number of benzene rings is 1. The number of carbonyl (C=O) groups is 1. The molecule has 0 spiro atoms. The highest BCUT2D eigenvalue weighted by Gasteiger charge is 2.25. The summed E-state index contributed by atoms with van der Waals surface area (Å²) >= 11 is 0. The summed E-state index contributed by atoms with van der Waals surface area (Å²) in [6.07, 6.45) is 3.96. The van der Waals surface area contributed by atoms with Crippen molar-refractivity contribution in [1.82, 2.24) is 24.8 Å². The monoisotopic (exact) mass is 371 g/mol. The molecule has 0 bridgehead atoms. The van der Waals surface area contributed by atoms with Gasteiger partial charge in [-0.15, -0.1) is 5.10 Å². The SMILES string of the molecule is CN(C)Cc1cn(CC2CCN(C(=O)c3ccc4c(c3)OCO4)CC2)nn1. The van der Waals surface area contributed by atoms with E-state index in [1.807, 2.05) is 35.9 Å². The first-order valence-electron chi connectivity index (χ1n) is 9.31. The van der Waals surface area contributed by atoms with E-state index < -0.39 is 0 Å². The lowest BCUT2D eigenvalue weighted by molar-refractivity contribution is 0.0680. The number of nitrogens with zero attached hydrogens (tertiary/aromatic N) is 5. The van der Waals surface area contributed by atoms with Crippen LogP contribution in [-0.2, 0) is 13.1 Å². The second-order valence-electron chi connectivity index (χ2n) is 7.47. The molecule has 0 saturated carbocycles. The Morgan fingerprint density at radius 2 is 2.00 bits per heavy atom. The second-order valence-corrected chi connectivity index (χ2v) is 7.47. The molecule has 0 atom stereocenters. The fourth-order valence-electron chi connectivity index (χ4n) is 3.62. The molecule has 0 N–H and O–H groups in total. The van der Waals surface area contributed by atoms with E-state index in [0.29, 0.717) is 23.0 Å². The Labute approximate surface area is 158 Å². The van der Waals surface area contributed by atoms with E-state index in [1.54, 1.807) is 12.1 Å². The lowest BCUT2D eigenvalue weighted by Gasteiger charge is -2.32. The third-order valence-electron chi connectivity index (χ3n) is 5.03. The predicted octanol–water partition coefficient (Wildman–Crippen LogP) is 1.62. The van der Waals surface area contributed by atoms with E-state index in [0.717, 1.165) is 44.7 Å². The van der Waals surface area contributed by atoms with Crippen molar-refractivity contribution in [3.05, 3.63) is 35.7 Å². The molecule has 1 fully saturated rings. The van der Waals surface area contributed by atoms with Crippen LogP contribution < -0.4 is 9.47 Å². The minimum absolute atomic E-state index is 0.0563. The largest absolute Gasteiger partial charge is 0.454 e. The maximum absolute atomic E-state index is 12.8. The van der Waals surface area contributed by atoms with Gasteiger partial charge < -0.3 is 19.3 Å². The molecule has 144 valence electrons. The molecule has 0 aliphatic carbocycles. The van der Waals surface area contributed by atoms with Crippen LogP contribution in [0.5, 0.6) is 11.5 Å². The minimum atomic E-state index is 0.0563. The Balaban J connectivity index is 1.31. The first kappa shape index (κ1) is 17.8. The number of hydrogen-bond acceptors (Lipinski definition) is 6. The van der Waals surface area contributed by atoms with Crippen LogP contribution in [0, 0.1) is 5.92 Å². The molecule has 1 saturated heterocycles. The van der Waals surface area contributed by atoms with Crippen LogP contribution in [0.1, 0.15) is 28.9 Å². The number of ether oxygens (including phenoxy) is 2. The number of rotatable bonds is 5. The van der Waals surface area contributed by atoms with E-state index in [9.17, 15) is 4.79 Å². The van der Waals surface area contributed by atoms with Gasteiger partial charge in [-0.05, 0) is 51.1 Å². The summed E-state index contributed by atoms with van der Waals surface area (Å²) in [7, 11) is 4.04. The highest BCUT2D eigenvalue weighted by Crippen LogP contribution is 2.33. The summed E-state index contributed by atoms with van der Waals surface area (Å²) in [6.45, 7) is 3.39. The topological polar surface area (TPSA) is 72.7 Å². The molecular formula is C19H25N5O3. The lowest BCUT2D eigenvalue weighted by Crippen LogP contribution is -2.39. The van der Waals surface area contributed by atoms with Crippen LogP contribution in [0.2, 0.25) is 0 Å². The van der Waals surface area contributed by atoms with Crippen LogP contribution in [0.25, 0.3) is 0 Å². The molecule has 8 heteroatoms. The van der Waals surface area contributed by atoms with Gasteiger partial charge >= 0.3 is 0 Å². The molecule has 3 heterocycles. The summed E-state index contributed by atoms with van der Waals surface area (Å²) in [4.78, 5) is 16.8. The third kappa shape index (κ3) is 4.05. The van der Waals surface area contributed by atoms with Gasteiger partial charge in [0.25, 0.3) is 5.91 Å². The van der Waals surface area contributed by atoms with Gasteiger partial charge in [-0.3, -0.25) is 9.48 Å². The van der Waals surface area contributed by atoms with Gasteiger partial charge in [0, 0.05) is 37.9 Å². The van der Waals surface area contributed by atoms with Crippen molar-refractivity contribution in [3.63, 3.8) is 0 Å².